The molecule has 1 fully saturated rings. The predicted octanol–water partition coefficient (Wildman–Crippen LogP) is 2.09. The third-order valence-corrected chi connectivity index (χ3v) is 2.90. The number of likely N-dealkylation sites (tertiary alicyclic amines) is 1. The van der Waals surface area contributed by atoms with Crippen LogP contribution in [0.4, 0.5) is 0 Å². The molecule has 1 saturated heterocycles. The van der Waals surface area contributed by atoms with E-state index < -0.39 is 0 Å². The van der Waals surface area contributed by atoms with Crippen molar-refractivity contribution in [3.05, 3.63) is 0 Å². The van der Waals surface area contributed by atoms with Gasteiger partial charge >= 0.3 is 0 Å². The molecule has 0 amide bonds. The summed E-state index contributed by atoms with van der Waals surface area (Å²) in [6.07, 6.45) is 3.88. The first-order valence-electron chi connectivity index (χ1n) is 5.26. The Balaban J connectivity index is 2.64. The standard InChI is InChI=1S/C11H21NO/c1-4-6-11(2)8-10(13)5-7-12(3)9-11/h4-9H2,1-3H3. The summed E-state index contributed by atoms with van der Waals surface area (Å²) in [6.45, 7) is 6.46. The molecule has 1 aliphatic rings. The van der Waals surface area contributed by atoms with Gasteiger partial charge in [-0.1, -0.05) is 20.3 Å². The average Bonchev–Trinajstić information content (AvgIpc) is 2.10. The first-order valence-corrected chi connectivity index (χ1v) is 5.26. The van der Waals surface area contributed by atoms with Gasteiger partial charge in [0, 0.05) is 25.9 Å². The van der Waals surface area contributed by atoms with Gasteiger partial charge in [0.05, 0.1) is 0 Å². The Hall–Kier alpha value is -0.370. The highest BCUT2D eigenvalue weighted by molar-refractivity contribution is 5.79. The van der Waals surface area contributed by atoms with Crippen LogP contribution in [0.5, 0.6) is 0 Å². The van der Waals surface area contributed by atoms with Crippen LogP contribution in [0.1, 0.15) is 39.5 Å². The van der Waals surface area contributed by atoms with Crippen molar-refractivity contribution < 1.29 is 4.79 Å². The lowest BCUT2D eigenvalue weighted by molar-refractivity contribution is -0.120. The molecule has 1 aliphatic heterocycles. The van der Waals surface area contributed by atoms with Gasteiger partial charge < -0.3 is 4.90 Å². The van der Waals surface area contributed by atoms with Crippen LogP contribution in [0, 0.1) is 5.41 Å². The molecule has 0 spiro atoms. The molecule has 0 radical (unpaired) electrons. The molecule has 0 aliphatic carbocycles. The van der Waals surface area contributed by atoms with Crippen molar-refractivity contribution in [2.75, 3.05) is 20.1 Å². The van der Waals surface area contributed by atoms with Crippen LogP contribution in [0.25, 0.3) is 0 Å². The van der Waals surface area contributed by atoms with Gasteiger partial charge in [-0.3, -0.25) is 4.79 Å². The Morgan fingerprint density at radius 2 is 2.23 bits per heavy atom. The van der Waals surface area contributed by atoms with Crippen molar-refractivity contribution in [3.8, 4) is 0 Å². The second-order valence-corrected chi connectivity index (χ2v) is 4.76. The van der Waals surface area contributed by atoms with E-state index in [0.717, 1.165) is 25.9 Å². The molecule has 1 rings (SSSR count). The third kappa shape index (κ3) is 3.11. The van der Waals surface area contributed by atoms with Gasteiger partial charge in [-0.15, -0.1) is 0 Å². The third-order valence-electron chi connectivity index (χ3n) is 2.90. The molecule has 2 nitrogen and oxygen atoms in total. The maximum Gasteiger partial charge on any atom is 0.134 e. The molecule has 1 unspecified atom stereocenters. The number of Topliss-reactive ketones (excluding diaryl/α,β-unsaturated/α-hetero) is 1. The Morgan fingerprint density at radius 1 is 1.54 bits per heavy atom. The van der Waals surface area contributed by atoms with E-state index >= 15 is 0 Å². The van der Waals surface area contributed by atoms with Crippen molar-refractivity contribution in [2.24, 2.45) is 5.41 Å². The lowest BCUT2D eigenvalue weighted by Gasteiger charge is -2.30. The van der Waals surface area contributed by atoms with Gasteiger partial charge in [-0.25, -0.2) is 0 Å². The van der Waals surface area contributed by atoms with E-state index in [1.807, 2.05) is 0 Å². The molecule has 0 saturated carbocycles. The van der Waals surface area contributed by atoms with Gasteiger partial charge in [-0.2, -0.15) is 0 Å². The minimum Gasteiger partial charge on any atom is -0.305 e. The van der Waals surface area contributed by atoms with Crippen LogP contribution in [0.3, 0.4) is 0 Å². The lowest BCUT2D eigenvalue weighted by atomic mass is 9.81. The molecule has 0 bridgehead atoms. The molecule has 0 N–H and O–H groups in total. The van der Waals surface area contributed by atoms with Crippen molar-refractivity contribution in [1.29, 1.82) is 0 Å². The zero-order valence-electron chi connectivity index (χ0n) is 9.10. The Labute approximate surface area is 81.3 Å². The van der Waals surface area contributed by atoms with E-state index in [1.54, 1.807) is 0 Å². The summed E-state index contributed by atoms with van der Waals surface area (Å²) in [5, 5.41) is 0. The first kappa shape index (κ1) is 10.7. The first-order chi connectivity index (χ1) is 6.06. The predicted molar refractivity (Wildman–Crippen MR) is 54.8 cm³/mol. The van der Waals surface area contributed by atoms with E-state index in [9.17, 15) is 4.79 Å². The summed E-state index contributed by atoms with van der Waals surface area (Å²) >= 11 is 0. The number of rotatable bonds is 2. The molecule has 1 atom stereocenters. The van der Waals surface area contributed by atoms with Crippen LogP contribution < -0.4 is 0 Å². The molecular weight excluding hydrogens is 162 g/mol. The second kappa shape index (κ2) is 4.23. The summed E-state index contributed by atoms with van der Waals surface area (Å²) in [7, 11) is 2.12. The van der Waals surface area contributed by atoms with Gasteiger partial charge in [0.1, 0.15) is 5.78 Å². The second-order valence-electron chi connectivity index (χ2n) is 4.76. The molecule has 76 valence electrons. The lowest BCUT2D eigenvalue weighted by Crippen LogP contribution is -2.31. The summed E-state index contributed by atoms with van der Waals surface area (Å²) in [5.74, 6) is 0.445. The van der Waals surface area contributed by atoms with E-state index in [2.05, 4.69) is 25.8 Å². The van der Waals surface area contributed by atoms with E-state index in [1.165, 1.54) is 12.8 Å². The minimum atomic E-state index is 0.233. The topological polar surface area (TPSA) is 20.3 Å². The van der Waals surface area contributed by atoms with Crippen molar-refractivity contribution in [2.45, 2.75) is 39.5 Å². The van der Waals surface area contributed by atoms with E-state index in [-0.39, 0.29) is 5.41 Å². The van der Waals surface area contributed by atoms with Crippen LogP contribution >= 0.6 is 0 Å². The highest BCUT2D eigenvalue weighted by Crippen LogP contribution is 2.31. The number of nitrogens with zero attached hydrogens (tertiary/aromatic N) is 1. The van der Waals surface area contributed by atoms with E-state index in [0.29, 0.717) is 5.78 Å². The SMILES string of the molecule is CCCC1(C)CC(=O)CCN(C)C1. The molecule has 13 heavy (non-hydrogen) atoms. The number of carbonyl (C=O) groups excluding carboxylic acids is 1. The van der Waals surface area contributed by atoms with E-state index in [4.69, 9.17) is 0 Å². The maximum absolute atomic E-state index is 11.5. The van der Waals surface area contributed by atoms with Gasteiger partial charge in [-0.05, 0) is 18.9 Å². The van der Waals surface area contributed by atoms with Crippen molar-refractivity contribution in [1.82, 2.24) is 4.90 Å². The molecule has 1 heterocycles. The molecular formula is C11H21NO. The van der Waals surface area contributed by atoms with Crippen LogP contribution in [0.15, 0.2) is 0 Å². The molecule has 0 aromatic carbocycles. The highest BCUT2D eigenvalue weighted by Gasteiger charge is 2.30. The highest BCUT2D eigenvalue weighted by atomic mass is 16.1. The monoisotopic (exact) mass is 183 g/mol. The Kier molecular flexibility index (Phi) is 3.48. The fraction of sp³-hybridized carbons (Fsp3) is 0.909. The Bertz CT molecular complexity index is 191. The van der Waals surface area contributed by atoms with Gasteiger partial charge in [0.25, 0.3) is 0 Å². The summed E-state index contributed by atoms with van der Waals surface area (Å²) in [5.41, 5.74) is 0.233. The molecule has 0 aromatic rings. The minimum absolute atomic E-state index is 0.233. The fourth-order valence-electron chi connectivity index (χ4n) is 2.44. The molecule has 0 aromatic heterocycles. The summed E-state index contributed by atoms with van der Waals surface area (Å²) < 4.78 is 0. The average molecular weight is 183 g/mol. The van der Waals surface area contributed by atoms with Crippen molar-refractivity contribution in [3.63, 3.8) is 0 Å². The Morgan fingerprint density at radius 3 is 2.85 bits per heavy atom. The van der Waals surface area contributed by atoms with Crippen LogP contribution in [0.2, 0.25) is 0 Å². The summed E-state index contributed by atoms with van der Waals surface area (Å²) in [6, 6.07) is 0. The number of hydrogen-bond acceptors (Lipinski definition) is 2. The number of carbonyl (C=O) groups is 1. The largest absolute Gasteiger partial charge is 0.305 e. The van der Waals surface area contributed by atoms with Crippen LogP contribution in [-0.4, -0.2) is 30.8 Å². The number of hydrogen-bond donors (Lipinski definition) is 0. The normalized spacial score (nSPS) is 31.8. The van der Waals surface area contributed by atoms with Gasteiger partial charge in [0.15, 0.2) is 0 Å². The maximum atomic E-state index is 11.5. The quantitative estimate of drug-likeness (QED) is 0.653. The fourth-order valence-corrected chi connectivity index (χ4v) is 2.44. The van der Waals surface area contributed by atoms with Gasteiger partial charge in [0.2, 0.25) is 0 Å². The van der Waals surface area contributed by atoms with Crippen molar-refractivity contribution >= 4 is 5.78 Å². The summed E-state index contributed by atoms with van der Waals surface area (Å²) in [4.78, 5) is 13.8. The zero-order valence-corrected chi connectivity index (χ0v) is 9.10. The smallest absolute Gasteiger partial charge is 0.134 e. The number of ketones is 1. The zero-order chi connectivity index (χ0) is 9.90. The van der Waals surface area contributed by atoms with Crippen LogP contribution in [-0.2, 0) is 4.79 Å². The molecule has 2 heteroatoms.